The van der Waals surface area contributed by atoms with Gasteiger partial charge in [-0.1, -0.05) is 37.3 Å². The van der Waals surface area contributed by atoms with Gasteiger partial charge in [-0.2, -0.15) is 14.5 Å². The average molecular weight is 448 g/mol. The summed E-state index contributed by atoms with van der Waals surface area (Å²) in [6, 6.07) is 2.29. The van der Waals surface area contributed by atoms with Crippen LogP contribution in [0.3, 0.4) is 0 Å². The fourth-order valence-corrected chi connectivity index (χ4v) is 3.50. The molecule has 3 rings (SSSR count). The minimum atomic E-state index is -0.819. The summed E-state index contributed by atoms with van der Waals surface area (Å²) in [6.07, 6.45) is 0.213. The van der Waals surface area contributed by atoms with E-state index in [-0.39, 0.29) is 52.6 Å². The van der Waals surface area contributed by atoms with Crippen LogP contribution in [-0.2, 0) is 0 Å². The Morgan fingerprint density at radius 1 is 1.16 bits per heavy atom. The zero-order chi connectivity index (χ0) is 22.9. The Labute approximate surface area is 184 Å². The normalized spacial score (nSPS) is 12.2. The summed E-state index contributed by atoms with van der Waals surface area (Å²) in [5, 5.41) is 13.1. The van der Waals surface area contributed by atoms with Gasteiger partial charge in [0.2, 0.25) is 0 Å². The van der Waals surface area contributed by atoms with E-state index in [1.165, 1.54) is 4.52 Å². The van der Waals surface area contributed by atoms with E-state index in [4.69, 9.17) is 16.7 Å². The molecule has 0 amide bonds. The largest absolute Gasteiger partial charge is 0.395 e. The van der Waals surface area contributed by atoms with Crippen molar-refractivity contribution >= 4 is 23.2 Å². The van der Waals surface area contributed by atoms with Crippen LogP contribution in [-0.4, -0.2) is 44.4 Å². The number of aryl methyl sites for hydroxylation is 1. The molecule has 6 nitrogen and oxygen atoms in total. The molecule has 0 aliphatic heterocycles. The maximum absolute atomic E-state index is 15.2. The number of halogens is 3. The van der Waals surface area contributed by atoms with Gasteiger partial charge in [0.05, 0.1) is 17.7 Å². The number of anilines is 1. The molecule has 0 fully saturated rings. The predicted octanol–water partition coefficient (Wildman–Crippen LogP) is 4.25. The van der Waals surface area contributed by atoms with Gasteiger partial charge < -0.3 is 10.0 Å². The Bertz CT molecular complexity index is 1160. The zero-order valence-corrected chi connectivity index (χ0v) is 18.8. The van der Waals surface area contributed by atoms with E-state index < -0.39 is 11.6 Å². The van der Waals surface area contributed by atoms with E-state index in [1.54, 1.807) is 6.92 Å². The maximum atomic E-state index is 15.2. The number of hydrogen-bond acceptors (Lipinski definition) is 5. The summed E-state index contributed by atoms with van der Waals surface area (Å²) in [5.41, 5.74) is -0.0450. The molecule has 1 atom stereocenters. The highest BCUT2D eigenvalue weighted by molar-refractivity contribution is 6.33. The van der Waals surface area contributed by atoms with Crippen molar-refractivity contribution in [2.24, 2.45) is 5.92 Å². The number of rotatable bonds is 5. The van der Waals surface area contributed by atoms with Crippen molar-refractivity contribution in [1.29, 1.82) is 0 Å². The van der Waals surface area contributed by atoms with Gasteiger partial charge >= 0.3 is 0 Å². The molecule has 1 N–H and O–H groups in total. The second kappa shape index (κ2) is 9.16. The Morgan fingerprint density at radius 3 is 2.39 bits per heavy atom. The highest BCUT2D eigenvalue weighted by Crippen LogP contribution is 2.40. The molecule has 2 heterocycles. The third kappa shape index (κ3) is 4.48. The van der Waals surface area contributed by atoms with Crippen LogP contribution < -0.4 is 4.90 Å². The number of aliphatic hydroxyl groups excluding tert-OH is 1. The number of hydrogen-bond donors (Lipinski definition) is 1. The predicted molar refractivity (Wildman–Crippen MR) is 117 cm³/mol. The highest BCUT2D eigenvalue weighted by atomic mass is 35.5. The third-order valence-corrected chi connectivity index (χ3v) is 5.47. The quantitative estimate of drug-likeness (QED) is 0.468. The Hall–Kier alpha value is -2.76. The number of aliphatic hydroxyl groups is 1. The monoisotopic (exact) mass is 447 g/mol. The first-order valence-corrected chi connectivity index (χ1v) is 10.3. The molecular formula is C22H24ClF2N5O. The summed E-state index contributed by atoms with van der Waals surface area (Å²) in [7, 11) is 1.82. The Balaban J connectivity index is 2.31. The second-order valence-electron chi connectivity index (χ2n) is 7.66. The summed E-state index contributed by atoms with van der Waals surface area (Å²) < 4.78 is 31.8. The first kappa shape index (κ1) is 22.9. The van der Waals surface area contributed by atoms with Crippen molar-refractivity contribution in [2.45, 2.75) is 40.2 Å². The van der Waals surface area contributed by atoms with Gasteiger partial charge in [-0.3, -0.25) is 0 Å². The van der Waals surface area contributed by atoms with Crippen molar-refractivity contribution in [3.8, 4) is 23.0 Å². The number of nitrogens with zero attached hydrogens (tertiary/aromatic N) is 5. The van der Waals surface area contributed by atoms with Crippen LogP contribution in [0.2, 0.25) is 5.15 Å². The van der Waals surface area contributed by atoms with E-state index >= 15 is 8.78 Å². The molecule has 31 heavy (non-hydrogen) atoms. The number of benzene rings is 1. The lowest BCUT2D eigenvalue weighted by molar-refractivity contribution is 0.305. The van der Waals surface area contributed by atoms with Crippen LogP contribution in [0.1, 0.15) is 38.6 Å². The molecule has 9 heteroatoms. The molecule has 0 bridgehead atoms. The van der Waals surface area contributed by atoms with Crippen LogP contribution in [0, 0.1) is 36.3 Å². The molecule has 3 aromatic rings. The molecule has 0 saturated carbocycles. The molecule has 0 unspecified atom stereocenters. The van der Waals surface area contributed by atoms with Gasteiger partial charge in [0.15, 0.2) is 0 Å². The van der Waals surface area contributed by atoms with E-state index in [0.29, 0.717) is 11.6 Å². The molecule has 0 spiro atoms. The van der Waals surface area contributed by atoms with E-state index in [1.807, 2.05) is 18.9 Å². The summed E-state index contributed by atoms with van der Waals surface area (Å²) in [6.45, 7) is 7.69. The van der Waals surface area contributed by atoms with Crippen LogP contribution in [0.4, 0.5) is 14.6 Å². The standard InChI is InChI=1S/C22H24ClF2N5O/c1-12(2)13(3)29(5)21-19(20(23)27-22-26-14(4)28-30(21)22)18-16(24)10-15(11-17(18)25)8-6-7-9-31/h10-13,31H,7,9H2,1-5H3/t13-/m1/s1. The fraction of sp³-hybridized carbons (Fsp3) is 0.409. The first-order chi connectivity index (χ1) is 14.6. The number of aromatic nitrogens is 4. The highest BCUT2D eigenvalue weighted by Gasteiger charge is 2.28. The minimum Gasteiger partial charge on any atom is -0.395 e. The zero-order valence-electron chi connectivity index (χ0n) is 18.0. The van der Waals surface area contributed by atoms with E-state index in [9.17, 15) is 0 Å². The van der Waals surface area contributed by atoms with Gasteiger partial charge in [0.1, 0.15) is 28.4 Å². The fourth-order valence-electron chi connectivity index (χ4n) is 3.25. The Kier molecular flexibility index (Phi) is 6.77. The van der Waals surface area contributed by atoms with Gasteiger partial charge in [0.25, 0.3) is 5.78 Å². The minimum absolute atomic E-state index is 0.000308. The lowest BCUT2D eigenvalue weighted by atomic mass is 10.0. The Morgan fingerprint density at radius 2 is 1.81 bits per heavy atom. The van der Waals surface area contributed by atoms with Crippen LogP contribution in [0.25, 0.3) is 16.9 Å². The van der Waals surface area contributed by atoms with Crippen molar-refractivity contribution in [3.05, 3.63) is 40.3 Å². The molecule has 2 aromatic heterocycles. The van der Waals surface area contributed by atoms with Crippen molar-refractivity contribution in [3.63, 3.8) is 0 Å². The van der Waals surface area contributed by atoms with Gasteiger partial charge in [-0.15, -0.1) is 5.10 Å². The molecular weight excluding hydrogens is 424 g/mol. The summed E-state index contributed by atoms with van der Waals surface area (Å²) >= 11 is 6.46. The third-order valence-electron chi connectivity index (χ3n) is 5.20. The van der Waals surface area contributed by atoms with Crippen molar-refractivity contribution in [1.82, 2.24) is 19.6 Å². The first-order valence-electron chi connectivity index (χ1n) is 9.90. The van der Waals surface area contributed by atoms with Crippen molar-refractivity contribution in [2.75, 3.05) is 18.6 Å². The summed E-state index contributed by atoms with van der Waals surface area (Å²) in [5.74, 6) is 5.01. The summed E-state index contributed by atoms with van der Waals surface area (Å²) in [4.78, 5) is 10.4. The smallest absolute Gasteiger partial charge is 0.255 e. The molecule has 0 aliphatic carbocycles. The molecule has 1 aromatic carbocycles. The molecule has 0 radical (unpaired) electrons. The average Bonchev–Trinajstić information content (AvgIpc) is 3.06. The lowest BCUT2D eigenvalue weighted by Gasteiger charge is -2.31. The topological polar surface area (TPSA) is 66.6 Å². The van der Waals surface area contributed by atoms with Gasteiger partial charge in [-0.25, -0.2) is 8.78 Å². The second-order valence-corrected chi connectivity index (χ2v) is 8.02. The van der Waals surface area contributed by atoms with E-state index in [2.05, 4.69) is 40.8 Å². The lowest BCUT2D eigenvalue weighted by Crippen LogP contribution is -2.35. The van der Waals surface area contributed by atoms with Gasteiger partial charge in [0, 0.05) is 25.1 Å². The van der Waals surface area contributed by atoms with Gasteiger partial charge in [-0.05, 0) is 31.9 Å². The van der Waals surface area contributed by atoms with Crippen LogP contribution >= 0.6 is 11.6 Å². The molecule has 0 aliphatic rings. The maximum Gasteiger partial charge on any atom is 0.255 e. The molecule has 164 valence electrons. The SMILES string of the molecule is Cc1nc2nc(Cl)c(-c3c(F)cc(C#CCCO)cc3F)c(N(C)[C@H](C)C(C)C)n2n1. The van der Waals surface area contributed by atoms with Crippen LogP contribution in [0.5, 0.6) is 0 Å². The van der Waals surface area contributed by atoms with Crippen molar-refractivity contribution < 1.29 is 13.9 Å². The number of fused-ring (bicyclic) bond motifs is 1. The van der Waals surface area contributed by atoms with E-state index in [0.717, 1.165) is 12.1 Å². The molecule has 0 saturated heterocycles. The van der Waals surface area contributed by atoms with Crippen LogP contribution in [0.15, 0.2) is 12.1 Å².